The quantitative estimate of drug-likeness (QED) is 0.745. The second-order valence-corrected chi connectivity index (χ2v) is 7.94. The fourth-order valence-corrected chi connectivity index (χ4v) is 3.83. The Morgan fingerprint density at radius 3 is 2.00 bits per heavy atom. The average molecular weight is 362 g/mol. The van der Waals surface area contributed by atoms with E-state index >= 15 is 0 Å². The summed E-state index contributed by atoms with van der Waals surface area (Å²) in [7, 11) is -3.58. The number of sulfonamides is 1. The highest BCUT2D eigenvalue weighted by Gasteiger charge is 2.18. The molecule has 0 aliphatic rings. The van der Waals surface area contributed by atoms with Crippen molar-refractivity contribution in [2.75, 3.05) is 6.61 Å². The zero-order valence-electron chi connectivity index (χ0n) is 15.3. The Balaban J connectivity index is 2.11. The summed E-state index contributed by atoms with van der Waals surface area (Å²) in [5, 5.41) is 0. The summed E-state index contributed by atoms with van der Waals surface area (Å²) in [6.07, 6.45) is 1.08. The molecule has 2 rings (SSSR count). The molecule has 0 aliphatic carbocycles. The van der Waals surface area contributed by atoms with Gasteiger partial charge in [0.25, 0.3) is 0 Å². The first-order chi connectivity index (χ1) is 11.9. The lowest BCUT2D eigenvalue weighted by Gasteiger charge is -2.16. The Bertz CT molecular complexity index is 768. The number of nitrogens with one attached hydrogen (secondary N) is 1. The molecule has 0 aromatic heterocycles. The maximum atomic E-state index is 12.6. The van der Waals surface area contributed by atoms with E-state index in [9.17, 15) is 8.42 Å². The first-order valence-corrected chi connectivity index (χ1v) is 10.2. The van der Waals surface area contributed by atoms with Crippen LogP contribution in [-0.4, -0.2) is 15.0 Å². The molecule has 25 heavy (non-hydrogen) atoms. The second-order valence-electron chi connectivity index (χ2n) is 6.22. The molecule has 1 N–H and O–H groups in total. The molecule has 5 heteroatoms. The third-order valence-electron chi connectivity index (χ3n) is 4.39. The van der Waals surface area contributed by atoms with E-state index in [1.807, 2.05) is 26.0 Å². The maximum Gasteiger partial charge on any atom is 0.241 e. The highest BCUT2D eigenvalue weighted by molar-refractivity contribution is 7.89. The molecule has 0 saturated carbocycles. The molecular formula is C20H27NO3S. The average Bonchev–Trinajstić information content (AvgIpc) is 2.61. The minimum atomic E-state index is -3.58. The van der Waals surface area contributed by atoms with Crippen LogP contribution in [0.1, 0.15) is 57.2 Å². The Kier molecular flexibility index (Phi) is 6.62. The summed E-state index contributed by atoms with van der Waals surface area (Å²) >= 11 is 0. The summed E-state index contributed by atoms with van der Waals surface area (Å²) in [6, 6.07) is 14.3. The third-order valence-corrected chi connectivity index (χ3v) is 5.95. The third kappa shape index (κ3) is 5.06. The van der Waals surface area contributed by atoms with Crippen molar-refractivity contribution in [2.45, 2.75) is 51.0 Å². The van der Waals surface area contributed by atoms with Gasteiger partial charge in [-0.05, 0) is 61.6 Å². The van der Waals surface area contributed by atoms with Gasteiger partial charge >= 0.3 is 0 Å². The first kappa shape index (κ1) is 19.5. The van der Waals surface area contributed by atoms with Crippen LogP contribution in [0, 0.1) is 0 Å². The molecule has 0 amide bonds. The summed E-state index contributed by atoms with van der Waals surface area (Å²) < 4.78 is 33.2. The van der Waals surface area contributed by atoms with E-state index in [1.165, 1.54) is 5.56 Å². The van der Waals surface area contributed by atoms with Crippen molar-refractivity contribution in [1.29, 1.82) is 0 Å². The van der Waals surface area contributed by atoms with Crippen molar-refractivity contribution in [1.82, 2.24) is 4.72 Å². The summed E-state index contributed by atoms with van der Waals surface area (Å²) in [4.78, 5) is 0.235. The van der Waals surface area contributed by atoms with Gasteiger partial charge in [-0.3, -0.25) is 0 Å². The Morgan fingerprint density at radius 1 is 0.920 bits per heavy atom. The minimum Gasteiger partial charge on any atom is -0.494 e. The van der Waals surface area contributed by atoms with Gasteiger partial charge in [0, 0.05) is 6.04 Å². The van der Waals surface area contributed by atoms with Gasteiger partial charge in [0.15, 0.2) is 0 Å². The molecule has 2 aromatic rings. The molecular weight excluding hydrogens is 334 g/mol. The molecule has 0 spiro atoms. The molecule has 0 heterocycles. The lowest BCUT2D eigenvalue weighted by molar-refractivity contribution is 0.340. The lowest BCUT2D eigenvalue weighted by atomic mass is 9.96. The Hall–Kier alpha value is -1.85. The maximum absolute atomic E-state index is 12.6. The van der Waals surface area contributed by atoms with Crippen LogP contribution in [0.5, 0.6) is 5.75 Å². The van der Waals surface area contributed by atoms with E-state index in [4.69, 9.17) is 4.74 Å². The van der Waals surface area contributed by atoms with Gasteiger partial charge in [0.2, 0.25) is 10.0 Å². The van der Waals surface area contributed by atoms with Crippen LogP contribution in [0.15, 0.2) is 53.4 Å². The van der Waals surface area contributed by atoms with E-state index in [-0.39, 0.29) is 10.9 Å². The van der Waals surface area contributed by atoms with E-state index < -0.39 is 10.0 Å². The van der Waals surface area contributed by atoms with E-state index in [1.54, 1.807) is 24.3 Å². The molecule has 2 atom stereocenters. The van der Waals surface area contributed by atoms with Crippen LogP contribution in [0.25, 0.3) is 0 Å². The number of hydrogen-bond acceptors (Lipinski definition) is 3. The van der Waals surface area contributed by atoms with Crippen molar-refractivity contribution in [3.05, 3.63) is 59.7 Å². The van der Waals surface area contributed by atoms with E-state index in [0.717, 1.165) is 12.0 Å². The molecule has 0 radical (unpaired) electrons. The van der Waals surface area contributed by atoms with Crippen LogP contribution >= 0.6 is 0 Å². The Morgan fingerprint density at radius 2 is 1.48 bits per heavy atom. The summed E-state index contributed by atoms with van der Waals surface area (Å²) in [6.45, 7) is 8.64. The van der Waals surface area contributed by atoms with Gasteiger partial charge in [-0.25, -0.2) is 13.1 Å². The van der Waals surface area contributed by atoms with Crippen molar-refractivity contribution in [3.63, 3.8) is 0 Å². The monoisotopic (exact) mass is 361 g/mol. The van der Waals surface area contributed by atoms with E-state index in [2.05, 4.69) is 30.7 Å². The van der Waals surface area contributed by atoms with Gasteiger partial charge in [-0.1, -0.05) is 38.1 Å². The predicted octanol–water partition coefficient (Wildman–Crippen LogP) is 4.64. The minimum absolute atomic E-state index is 0.235. The zero-order valence-corrected chi connectivity index (χ0v) is 16.1. The van der Waals surface area contributed by atoms with Crippen LogP contribution in [0.2, 0.25) is 0 Å². The molecule has 0 bridgehead atoms. The van der Waals surface area contributed by atoms with Gasteiger partial charge in [-0.2, -0.15) is 0 Å². The van der Waals surface area contributed by atoms with Crippen LogP contribution < -0.4 is 9.46 Å². The van der Waals surface area contributed by atoms with Gasteiger partial charge in [-0.15, -0.1) is 0 Å². The largest absolute Gasteiger partial charge is 0.494 e. The van der Waals surface area contributed by atoms with Crippen molar-refractivity contribution in [3.8, 4) is 5.75 Å². The molecule has 136 valence electrons. The lowest BCUT2D eigenvalue weighted by Crippen LogP contribution is -2.26. The first-order valence-electron chi connectivity index (χ1n) is 8.72. The smallest absolute Gasteiger partial charge is 0.241 e. The molecule has 4 nitrogen and oxygen atoms in total. The van der Waals surface area contributed by atoms with Crippen molar-refractivity contribution in [2.24, 2.45) is 0 Å². The van der Waals surface area contributed by atoms with Gasteiger partial charge in [0.05, 0.1) is 11.5 Å². The zero-order chi connectivity index (χ0) is 18.4. The molecule has 2 aromatic carbocycles. The van der Waals surface area contributed by atoms with Crippen molar-refractivity contribution < 1.29 is 13.2 Å². The summed E-state index contributed by atoms with van der Waals surface area (Å²) in [5.74, 6) is 1.17. The fourth-order valence-electron chi connectivity index (χ4n) is 2.60. The van der Waals surface area contributed by atoms with Crippen LogP contribution in [-0.2, 0) is 10.0 Å². The number of ether oxygens (including phenoxy) is 1. The number of benzene rings is 2. The van der Waals surface area contributed by atoms with Gasteiger partial charge < -0.3 is 4.74 Å². The SMILES string of the molecule is CCOc1ccc(S(=O)(=O)NC(C)c2ccc(C(C)CC)cc2)cc1. The predicted molar refractivity (Wildman–Crippen MR) is 101 cm³/mol. The highest BCUT2D eigenvalue weighted by Crippen LogP contribution is 2.23. The molecule has 0 fully saturated rings. The van der Waals surface area contributed by atoms with Gasteiger partial charge in [0.1, 0.15) is 5.75 Å². The highest BCUT2D eigenvalue weighted by atomic mass is 32.2. The summed E-state index contributed by atoms with van der Waals surface area (Å²) in [5.41, 5.74) is 2.22. The fraction of sp³-hybridized carbons (Fsp3) is 0.400. The number of rotatable bonds is 8. The number of hydrogen-bond donors (Lipinski definition) is 1. The molecule has 2 unspecified atom stereocenters. The second kappa shape index (κ2) is 8.50. The topological polar surface area (TPSA) is 55.4 Å². The normalized spacial score (nSPS) is 14.1. The van der Waals surface area contributed by atoms with Crippen LogP contribution in [0.3, 0.4) is 0 Å². The Labute approximate surface area is 151 Å². The van der Waals surface area contributed by atoms with E-state index in [0.29, 0.717) is 18.3 Å². The molecule has 0 saturated heterocycles. The molecule has 0 aliphatic heterocycles. The standard InChI is InChI=1S/C20H27NO3S/c1-5-15(3)17-7-9-18(10-8-17)16(4)21-25(22,23)20-13-11-19(12-14-20)24-6-2/h7-16,21H,5-6H2,1-4H3. The van der Waals surface area contributed by atoms with Crippen molar-refractivity contribution >= 4 is 10.0 Å². The van der Waals surface area contributed by atoms with Crippen LogP contribution in [0.4, 0.5) is 0 Å².